The molecule has 4 heteroatoms. The molecule has 0 fully saturated rings. The topological polar surface area (TPSA) is 50.4 Å². The van der Waals surface area contributed by atoms with Gasteiger partial charge in [-0.1, -0.05) is 18.2 Å². The van der Waals surface area contributed by atoms with E-state index in [2.05, 4.69) is 16.7 Å². The van der Waals surface area contributed by atoms with Crippen LogP contribution in [-0.4, -0.2) is 19.6 Å². The fourth-order valence-electron chi connectivity index (χ4n) is 2.57. The highest BCUT2D eigenvalue weighted by Gasteiger charge is 2.15. The third kappa shape index (κ3) is 2.84. The maximum Gasteiger partial charge on any atom is 0.255 e. The largest absolute Gasteiger partial charge is 0.497 e. The fourth-order valence-corrected chi connectivity index (χ4v) is 2.57. The van der Waals surface area contributed by atoms with E-state index in [1.165, 1.54) is 5.56 Å². The summed E-state index contributed by atoms with van der Waals surface area (Å²) in [6, 6.07) is 13.2. The van der Waals surface area contributed by atoms with Crippen molar-refractivity contribution in [2.75, 3.05) is 24.3 Å². The molecular formula is C17H18N2O2. The summed E-state index contributed by atoms with van der Waals surface area (Å²) in [7, 11) is 1.59. The van der Waals surface area contributed by atoms with Gasteiger partial charge >= 0.3 is 0 Å². The number of fused-ring (bicyclic) bond motifs is 1. The average molecular weight is 282 g/mol. The molecule has 1 aliphatic rings. The Hall–Kier alpha value is -2.49. The van der Waals surface area contributed by atoms with E-state index in [0.717, 1.165) is 30.8 Å². The molecule has 21 heavy (non-hydrogen) atoms. The second kappa shape index (κ2) is 5.87. The summed E-state index contributed by atoms with van der Waals surface area (Å²) in [6.45, 7) is 0.943. The monoisotopic (exact) mass is 282 g/mol. The van der Waals surface area contributed by atoms with E-state index in [9.17, 15) is 4.79 Å². The molecule has 0 bridgehead atoms. The lowest BCUT2D eigenvalue weighted by Crippen LogP contribution is -2.17. The van der Waals surface area contributed by atoms with Crippen molar-refractivity contribution < 1.29 is 9.53 Å². The number of hydrogen-bond donors (Lipinski definition) is 2. The quantitative estimate of drug-likeness (QED) is 0.908. The van der Waals surface area contributed by atoms with Crippen LogP contribution in [0.5, 0.6) is 5.75 Å². The van der Waals surface area contributed by atoms with Gasteiger partial charge in [-0.25, -0.2) is 0 Å². The van der Waals surface area contributed by atoms with Crippen LogP contribution in [0.2, 0.25) is 0 Å². The molecule has 3 rings (SSSR count). The lowest BCUT2D eigenvalue weighted by atomic mass is 10.0. The van der Waals surface area contributed by atoms with Crippen LogP contribution in [0.15, 0.2) is 42.5 Å². The third-order valence-electron chi connectivity index (χ3n) is 3.66. The molecule has 0 saturated heterocycles. The predicted molar refractivity (Wildman–Crippen MR) is 84.2 cm³/mol. The first-order valence-corrected chi connectivity index (χ1v) is 7.09. The van der Waals surface area contributed by atoms with E-state index in [1.54, 1.807) is 19.2 Å². The van der Waals surface area contributed by atoms with E-state index >= 15 is 0 Å². The van der Waals surface area contributed by atoms with Gasteiger partial charge in [-0.2, -0.15) is 0 Å². The molecule has 2 aromatic carbocycles. The van der Waals surface area contributed by atoms with Gasteiger partial charge in [0.1, 0.15) is 5.75 Å². The normalized spacial score (nSPS) is 13.0. The Kier molecular flexibility index (Phi) is 3.77. The first kappa shape index (κ1) is 13.5. The molecule has 1 aliphatic heterocycles. The molecule has 0 spiro atoms. The van der Waals surface area contributed by atoms with Crippen molar-refractivity contribution in [1.29, 1.82) is 0 Å². The highest BCUT2D eigenvalue weighted by atomic mass is 16.5. The van der Waals surface area contributed by atoms with Crippen molar-refractivity contribution in [3.8, 4) is 5.75 Å². The van der Waals surface area contributed by atoms with E-state index in [-0.39, 0.29) is 5.91 Å². The average Bonchev–Trinajstić information content (AvgIpc) is 2.55. The summed E-state index contributed by atoms with van der Waals surface area (Å²) in [6.07, 6.45) is 2.17. The molecule has 2 N–H and O–H groups in total. The summed E-state index contributed by atoms with van der Waals surface area (Å²) in [5.74, 6) is 0.547. The van der Waals surface area contributed by atoms with Crippen LogP contribution >= 0.6 is 0 Å². The Labute approximate surface area is 124 Å². The van der Waals surface area contributed by atoms with Gasteiger partial charge in [-0.3, -0.25) is 4.79 Å². The van der Waals surface area contributed by atoms with E-state index in [1.807, 2.05) is 24.3 Å². The standard InChI is InChI=1S/C17H18N2O2/c1-21-14-8-2-6-13(11-14)17(20)19-15-9-3-5-12-7-4-10-18-16(12)15/h2-3,5-6,8-9,11,18H,4,7,10H2,1H3,(H,19,20). The van der Waals surface area contributed by atoms with Gasteiger partial charge in [0, 0.05) is 12.1 Å². The number of nitrogens with one attached hydrogen (secondary N) is 2. The van der Waals surface area contributed by atoms with Crippen LogP contribution < -0.4 is 15.4 Å². The Bertz CT molecular complexity index is 668. The fraction of sp³-hybridized carbons (Fsp3) is 0.235. The van der Waals surface area contributed by atoms with Crippen LogP contribution in [0.25, 0.3) is 0 Å². The van der Waals surface area contributed by atoms with Gasteiger partial charge in [0.05, 0.1) is 18.5 Å². The molecule has 0 aliphatic carbocycles. The lowest BCUT2D eigenvalue weighted by molar-refractivity contribution is 0.102. The molecule has 1 amide bonds. The summed E-state index contributed by atoms with van der Waals surface area (Å²) >= 11 is 0. The second-order valence-electron chi connectivity index (χ2n) is 5.06. The predicted octanol–water partition coefficient (Wildman–Crippen LogP) is 3.31. The minimum Gasteiger partial charge on any atom is -0.497 e. The zero-order valence-electron chi connectivity index (χ0n) is 12.0. The molecule has 0 radical (unpaired) electrons. The van der Waals surface area contributed by atoms with Crippen LogP contribution in [0.3, 0.4) is 0 Å². The van der Waals surface area contributed by atoms with E-state index < -0.39 is 0 Å². The van der Waals surface area contributed by atoms with Crippen molar-refractivity contribution in [1.82, 2.24) is 0 Å². The summed E-state index contributed by atoms with van der Waals surface area (Å²) in [5, 5.41) is 6.35. The van der Waals surface area contributed by atoms with Crippen LogP contribution in [0, 0.1) is 0 Å². The maximum absolute atomic E-state index is 12.4. The number of aryl methyl sites for hydroxylation is 1. The van der Waals surface area contributed by atoms with Crippen molar-refractivity contribution in [3.05, 3.63) is 53.6 Å². The highest BCUT2D eigenvalue weighted by molar-refractivity contribution is 6.06. The van der Waals surface area contributed by atoms with Gasteiger partial charge in [-0.15, -0.1) is 0 Å². The van der Waals surface area contributed by atoms with Crippen molar-refractivity contribution in [3.63, 3.8) is 0 Å². The number of carbonyl (C=O) groups is 1. The second-order valence-corrected chi connectivity index (χ2v) is 5.06. The summed E-state index contributed by atoms with van der Waals surface area (Å²) in [5.41, 5.74) is 3.72. The Morgan fingerprint density at radius 3 is 2.95 bits per heavy atom. The number of ether oxygens (including phenoxy) is 1. The molecule has 0 aromatic heterocycles. The van der Waals surface area contributed by atoms with Gasteiger partial charge in [0.15, 0.2) is 0 Å². The number of carbonyl (C=O) groups excluding carboxylic acids is 1. The smallest absolute Gasteiger partial charge is 0.255 e. The van der Waals surface area contributed by atoms with E-state index in [0.29, 0.717) is 11.3 Å². The minimum absolute atomic E-state index is 0.130. The number of rotatable bonds is 3. The van der Waals surface area contributed by atoms with Crippen LogP contribution in [0.4, 0.5) is 11.4 Å². The lowest BCUT2D eigenvalue weighted by Gasteiger charge is -2.21. The zero-order chi connectivity index (χ0) is 14.7. The van der Waals surface area contributed by atoms with E-state index in [4.69, 9.17) is 4.74 Å². The van der Waals surface area contributed by atoms with Crippen LogP contribution in [0.1, 0.15) is 22.3 Å². The van der Waals surface area contributed by atoms with Crippen molar-refractivity contribution in [2.24, 2.45) is 0 Å². The van der Waals surface area contributed by atoms with Gasteiger partial charge in [0.2, 0.25) is 0 Å². The maximum atomic E-state index is 12.4. The molecular weight excluding hydrogens is 264 g/mol. The molecule has 0 unspecified atom stereocenters. The SMILES string of the molecule is COc1cccc(C(=O)Nc2cccc3c2NCCC3)c1. The molecule has 108 valence electrons. The number of hydrogen-bond acceptors (Lipinski definition) is 3. The van der Waals surface area contributed by atoms with Crippen molar-refractivity contribution >= 4 is 17.3 Å². The minimum atomic E-state index is -0.130. The molecule has 0 atom stereocenters. The Balaban J connectivity index is 1.84. The highest BCUT2D eigenvalue weighted by Crippen LogP contribution is 2.30. The van der Waals surface area contributed by atoms with Gasteiger partial charge < -0.3 is 15.4 Å². The molecule has 2 aromatic rings. The number of para-hydroxylation sites is 1. The number of anilines is 2. The first-order valence-electron chi connectivity index (χ1n) is 7.09. The van der Waals surface area contributed by atoms with Gasteiger partial charge in [-0.05, 0) is 42.7 Å². The Morgan fingerprint density at radius 1 is 1.24 bits per heavy atom. The molecule has 0 saturated carbocycles. The van der Waals surface area contributed by atoms with Crippen molar-refractivity contribution in [2.45, 2.75) is 12.8 Å². The number of amides is 1. The molecule has 1 heterocycles. The van der Waals surface area contributed by atoms with Gasteiger partial charge in [0.25, 0.3) is 5.91 Å². The third-order valence-corrected chi connectivity index (χ3v) is 3.66. The van der Waals surface area contributed by atoms with Crippen LogP contribution in [-0.2, 0) is 6.42 Å². The Morgan fingerprint density at radius 2 is 2.10 bits per heavy atom. The summed E-state index contributed by atoms with van der Waals surface area (Å²) < 4.78 is 5.15. The number of methoxy groups -OCH3 is 1. The number of benzene rings is 2. The zero-order valence-corrected chi connectivity index (χ0v) is 12.0. The first-order chi connectivity index (χ1) is 10.3. The summed E-state index contributed by atoms with van der Waals surface area (Å²) in [4.78, 5) is 12.4. The molecule has 4 nitrogen and oxygen atoms in total.